The number of carbonyl (C=O) groups is 1. The van der Waals surface area contributed by atoms with Crippen molar-refractivity contribution in [2.45, 2.75) is 11.9 Å². The topological polar surface area (TPSA) is 113 Å². The molecule has 0 unspecified atom stereocenters. The lowest BCUT2D eigenvalue weighted by atomic mass is 9.91. The minimum absolute atomic E-state index is 0.118. The highest BCUT2D eigenvalue weighted by molar-refractivity contribution is 5.87. The van der Waals surface area contributed by atoms with Crippen molar-refractivity contribution < 1.29 is 43.4 Å². The first-order valence-corrected chi connectivity index (χ1v) is 11.9. The van der Waals surface area contributed by atoms with E-state index in [2.05, 4.69) is 0 Å². The molecule has 0 aliphatic carbocycles. The second kappa shape index (κ2) is 12.4. The molecule has 200 valence electrons. The maximum atomic E-state index is 12.5. The lowest BCUT2D eigenvalue weighted by Gasteiger charge is -2.30. The lowest BCUT2D eigenvalue weighted by molar-refractivity contribution is -0.146. The number of hydrogen-bond acceptors (Lipinski definition) is 9. The van der Waals surface area contributed by atoms with Gasteiger partial charge in [-0.25, -0.2) is 4.79 Å². The molecule has 0 spiro atoms. The van der Waals surface area contributed by atoms with Crippen LogP contribution in [0.4, 0.5) is 0 Å². The Labute approximate surface area is 220 Å². The first-order valence-electron chi connectivity index (χ1n) is 11.9. The Morgan fingerprint density at radius 1 is 0.947 bits per heavy atom. The molecule has 0 radical (unpaired) electrons. The first kappa shape index (κ1) is 26.8. The van der Waals surface area contributed by atoms with E-state index in [1.54, 1.807) is 60.7 Å². The van der Waals surface area contributed by atoms with Gasteiger partial charge in [0.25, 0.3) is 0 Å². The fraction of sp³-hybridized carbons (Fsp3) is 0.276. The van der Waals surface area contributed by atoms with Crippen LogP contribution in [0.1, 0.15) is 5.56 Å². The number of methoxy groups -OCH3 is 2. The Kier molecular flexibility index (Phi) is 8.73. The average molecular weight is 523 g/mol. The number of esters is 1. The summed E-state index contributed by atoms with van der Waals surface area (Å²) >= 11 is 0. The fourth-order valence-electron chi connectivity index (χ4n) is 3.95. The molecule has 1 heterocycles. The van der Waals surface area contributed by atoms with Crippen LogP contribution < -0.4 is 18.9 Å². The third kappa shape index (κ3) is 6.56. The number of ether oxygens (including phenoxy) is 6. The molecule has 0 saturated carbocycles. The zero-order valence-corrected chi connectivity index (χ0v) is 21.1. The summed E-state index contributed by atoms with van der Waals surface area (Å²) in [6.45, 7) is -0.484. The molecule has 1 fully saturated rings. The summed E-state index contributed by atoms with van der Waals surface area (Å²) in [5.74, 6) is 0.580. The van der Waals surface area contributed by atoms with Crippen LogP contribution in [0.5, 0.6) is 28.7 Å². The van der Waals surface area contributed by atoms with Crippen molar-refractivity contribution in [1.82, 2.24) is 0 Å². The zero-order valence-electron chi connectivity index (χ0n) is 21.1. The number of phenols is 1. The highest BCUT2D eigenvalue weighted by Gasteiger charge is 2.52. The maximum Gasteiger partial charge on any atom is 0.330 e. The number of hydrogen-bond donors (Lipinski definition) is 2. The van der Waals surface area contributed by atoms with Gasteiger partial charge in [0.1, 0.15) is 24.6 Å². The molecule has 3 aromatic rings. The maximum absolute atomic E-state index is 12.5. The molecule has 2 N–H and O–H groups in total. The Morgan fingerprint density at radius 2 is 1.55 bits per heavy atom. The monoisotopic (exact) mass is 522 g/mol. The van der Waals surface area contributed by atoms with Crippen LogP contribution in [0.15, 0.2) is 78.9 Å². The zero-order chi connectivity index (χ0) is 27.0. The van der Waals surface area contributed by atoms with Crippen molar-refractivity contribution in [3.63, 3.8) is 0 Å². The SMILES string of the molecule is COc1ccccc1OC[C@@]1(O)CO[C@@H](Oc2ccccc2OC)[C@H]1COC(=O)/C=C/c1ccc(O)cc1. The minimum Gasteiger partial charge on any atom is -0.508 e. The second-order valence-electron chi connectivity index (χ2n) is 8.65. The van der Waals surface area contributed by atoms with Crippen molar-refractivity contribution in [3.8, 4) is 28.7 Å². The number of benzene rings is 3. The Hall–Kier alpha value is -4.21. The molecular formula is C29H30O9. The van der Waals surface area contributed by atoms with Gasteiger partial charge in [-0.1, -0.05) is 36.4 Å². The van der Waals surface area contributed by atoms with E-state index in [1.807, 2.05) is 6.07 Å². The quantitative estimate of drug-likeness (QED) is 0.287. The predicted molar refractivity (Wildman–Crippen MR) is 138 cm³/mol. The van der Waals surface area contributed by atoms with Crippen LogP contribution in [0.25, 0.3) is 6.08 Å². The lowest BCUT2D eigenvalue weighted by Crippen LogP contribution is -2.48. The molecule has 1 aliphatic heterocycles. The van der Waals surface area contributed by atoms with E-state index in [1.165, 1.54) is 32.4 Å². The van der Waals surface area contributed by atoms with Gasteiger partial charge < -0.3 is 38.6 Å². The molecule has 3 aromatic carbocycles. The molecule has 0 aromatic heterocycles. The van der Waals surface area contributed by atoms with Crippen molar-refractivity contribution >= 4 is 12.0 Å². The van der Waals surface area contributed by atoms with E-state index < -0.39 is 23.8 Å². The Morgan fingerprint density at radius 3 is 2.21 bits per heavy atom. The molecular weight excluding hydrogens is 492 g/mol. The van der Waals surface area contributed by atoms with Gasteiger partial charge in [-0.15, -0.1) is 0 Å². The highest BCUT2D eigenvalue weighted by atomic mass is 16.7. The molecule has 1 saturated heterocycles. The van der Waals surface area contributed by atoms with Gasteiger partial charge in [-0.2, -0.15) is 0 Å². The Bertz CT molecular complexity index is 1240. The van der Waals surface area contributed by atoms with Gasteiger partial charge in [-0.05, 0) is 48.0 Å². The summed E-state index contributed by atoms with van der Waals surface area (Å²) in [4.78, 5) is 12.5. The summed E-state index contributed by atoms with van der Waals surface area (Å²) in [5.41, 5.74) is -0.836. The van der Waals surface area contributed by atoms with Gasteiger partial charge in [0.2, 0.25) is 6.29 Å². The summed E-state index contributed by atoms with van der Waals surface area (Å²) < 4.78 is 34.0. The molecule has 4 rings (SSSR count). The predicted octanol–water partition coefficient (Wildman–Crippen LogP) is 3.83. The fourth-order valence-corrected chi connectivity index (χ4v) is 3.95. The summed E-state index contributed by atoms with van der Waals surface area (Å²) in [6, 6.07) is 20.5. The third-order valence-corrected chi connectivity index (χ3v) is 6.09. The summed E-state index contributed by atoms with van der Waals surface area (Å²) in [6.07, 6.45) is 1.88. The number of phenolic OH excluding ortho intramolecular Hbond substituents is 1. The van der Waals surface area contributed by atoms with Crippen molar-refractivity contribution in [3.05, 3.63) is 84.4 Å². The van der Waals surface area contributed by atoms with E-state index in [0.717, 1.165) is 0 Å². The van der Waals surface area contributed by atoms with Crippen LogP contribution in [0.2, 0.25) is 0 Å². The minimum atomic E-state index is -1.55. The van der Waals surface area contributed by atoms with Crippen LogP contribution in [-0.4, -0.2) is 62.1 Å². The second-order valence-corrected chi connectivity index (χ2v) is 8.65. The highest BCUT2D eigenvalue weighted by Crippen LogP contribution is 2.37. The molecule has 0 bridgehead atoms. The van der Waals surface area contributed by atoms with Crippen molar-refractivity contribution in [2.75, 3.05) is 34.0 Å². The Balaban J connectivity index is 1.49. The number of carbonyl (C=O) groups excluding carboxylic acids is 1. The van der Waals surface area contributed by atoms with Crippen LogP contribution >= 0.6 is 0 Å². The molecule has 1 aliphatic rings. The molecule has 0 amide bonds. The number of aliphatic hydroxyl groups is 1. The normalized spacial score (nSPS) is 20.7. The van der Waals surface area contributed by atoms with E-state index in [-0.39, 0.29) is 25.6 Å². The third-order valence-electron chi connectivity index (χ3n) is 6.09. The molecule has 9 heteroatoms. The van der Waals surface area contributed by atoms with E-state index in [4.69, 9.17) is 28.4 Å². The molecule has 3 atom stereocenters. The van der Waals surface area contributed by atoms with Gasteiger partial charge in [-0.3, -0.25) is 0 Å². The summed E-state index contributed by atoms with van der Waals surface area (Å²) in [7, 11) is 3.05. The molecule has 38 heavy (non-hydrogen) atoms. The number of aromatic hydroxyl groups is 1. The summed E-state index contributed by atoms with van der Waals surface area (Å²) in [5, 5.41) is 21.0. The van der Waals surface area contributed by atoms with Crippen LogP contribution in [0.3, 0.4) is 0 Å². The standard InChI is InChI=1S/C29H30O9/c1-33-23-7-3-5-9-25(23)36-18-29(32)19-37-28(38-26-10-6-4-8-24(26)34-2)22(29)17-35-27(31)16-13-20-11-14-21(30)15-12-20/h3-16,22,28,30,32H,17-19H2,1-2H3/b16-13+/t22-,28+,29-/m1/s1. The van der Waals surface area contributed by atoms with Gasteiger partial charge in [0, 0.05) is 6.08 Å². The van der Waals surface area contributed by atoms with Crippen molar-refractivity contribution in [2.24, 2.45) is 5.92 Å². The number of rotatable bonds is 11. The number of para-hydroxylation sites is 4. The van der Waals surface area contributed by atoms with Crippen LogP contribution in [-0.2, 0) is 14.3 Å². The average Bonchev–Trinajstić information content (AvgIpc) is 3.25. The molecule has 9 nitrogen and oxygen atoms in total. The van der Waals surface area contributed by atoms with E-state index in [9.17, 15) is 15.0 Å². The van der Waals surface area contributed by atoms with E-state index in [0.29, 0.717) is 28.6 Å². The first-order chi connectivity index (χ1) is 18.4. The van der Waals surface area contributed by atoms with Crippen molar-refractivity contribution in [1.29, 1.82) is 0 Å². The van der Waals surface area contributed by atoms with E-state index >= 15 is 0 Å². The van der Waals surface area contributed by atoms with Gasteiger partial charge in [0.15, 0.2) is 23.0 Å². The van der Waals surface area contributed by atoms with Gasteiger partial charge in [0.05, 0.1) is 26.7 Å². The smallest absolute Gasteiger partial charge is 0.330 e. The van der Waals surface area contributed by atoms with Gasteiger partial charge >= 0.3 is 5.97 Å². The van der Waals surface area contributed by atoms with Crippen LogP contribution in [0, 0.1) is 5.92 Å². The largest absolute Gasteiger partial charge is 0.508 e.